The molecule has 0 heterocycles. The zero-order chi connectivity index (χ0) is 15.7. The van der Waals surface area contributed by atoms with Gasteiger partial charge >= 0.3 is 15.2 Å². The normalized spacial score (nSPS) is 12.2. The first kappa shape index (κ1) is 15.9. The highest BCUT2D eigenvalue weighted by Crippen LogP contribution is 2.35. The van der Waals surface area contributed by atoms with Crippen LogP contribution in [0.3, 0.4) is 0 Å². The van der Waals surface area contributed by atoms with Crippen LogP contribution >= 0.6 is 15.2 Å². The van der Waals surface area contributed by atoms with Crippen LogP contribution in [0.4, 0.5) is 0 Å². The highest BCUT2D eigenvalue weighted by atomic mass is 31.2. The third-order valence-electron chi connectivity index (χ3n) is 2.58. The van der Waals surface area contributed by atoms with Crippen molar-refractivity contribution in [2.75, 3.05) is 0 Å². The molecule has 2 rings (SSSR count). The minimum atomic E-state index is -4.29. The summed E-state index contributed by atoms with van der Waals surface area (Å²) in [5, 5.41) is -0.238. The molecule has 0 saturated heterocycles. The monoisotopic (exact) mass is 330 g/mol. The van der Waals surface area contributed by atoms with Crippen LogP contribution in [0.5, 0.6) is 11.5 Å². The predicted molar refractivity (Wildman–Crippen MR) is 76.3 cm³/mol. The smallest absolute Gasteiger partial charge is 0.356 e. The van der Waals surface area contributed by atoms with E-state index in [1.807, 2.05) is 0 Å². The molecule has 0 amide bonds. The predicted octanol–water partition coefficient (Wildman–Crippen LogP) is 1.08. The van der Waals surface area contributed by atoms with Gasteiger partial charge in [-0.2, -0.15) is 0 Å². The lowest BCUT2D eigenvalue weighted by atomic mass is 10.3. The molecular formula is C12H12O7P2. The van der Waals surface area contributed by atoms with E-state index in [1.54, 1.807) is 0 Å². The maximum absolute atomic E-state index is 11.0. The minimum absolute atomic E-state index is 0.119. The molecule has 0 unspecified atom stereocenters. The first-order valence-electron chi connectivity index (χ1n) is 5.66. The van der Waals surface area contributed by atoms with E-state index in [0.717, 1.165) is 0 Å². The summed E-state index contributed by atoms with van der Waals surface area (Å²) in [5.74, 6) is 0.687. The van der Waals surface area contributed by atoms with Crippen molar-refractivity contribution in [3.63, 3.8) is 0 Å². The van der Waals surface area contributed by atoms with Gasteiger partial charge < -0.3 is 24.3 Å². The van der Waals surface area contributed by atoms with Crippen molar-refractivity contribution in [3.05, 3.63) is 48.5 Å². The average molecular weight is 330 g/mol. The van der Waals surface area contributed by atoms with Crippen molar-refractivity contribution in [3.8, 4) is 11.5 Å². The zero-order valence-corrected chi connectivity index (χ0v) is 12.3. The van der Waals surface area contributed by atoms with Crippen molar-refractivity contribution >= 4 is 25.8 Å². The quantitative estimate of drug-likeness (QED) is 0.618. The lowest BCUT2D eigenvalue weighted by Gasteiger charge is -2.09. The maximum atomic E-state index is 11.0. The van der Waals surface area contributed by atoms with Gasteiger partial charge in [-0.05, 0) is 48.5 Å². The van der Waals surface area contributed by atoms with Crippen LogP contribution in [-0.4, -0.2) is 19.6 Å². The fourth-order valence-electron chi connectivity index (χ4n) is 1.55. The number of hydrogen-bond acceptors (Lipinski definition) is 3. The molecule has 0 aliphatic rings. The molecule has 0 bridgehead atoms. The Balaban J connectivity index is 2.15. The van der Waals surface area contributed by atoms with Gasteiger partial charge in [-0.15, -0.1) is 0 Å². The lowest BCUT2D eigenvalue weighted by molar-refractivity contribution is 0.385. The topological polar surface area (TPSA) is 124 Å². The van der Waals surface area contributed by atoms with Crippen molar-refractivity contribution in [1.29, 1.82) is 0 Å². The fraction of sp³-hybridized carbons (Fsp3) is 0. The molecule has 4 N–H and O–H groups in total. The second-order valence-electron chi connectivity index (χ2n) is 4.18. The highest BCUT2D eigenvalue weighted by molar-refractivity contribution is 7.60. The molecule has 0 spiro atoms. The van der Waals surface area contributed by atoms with Crippen LogP contribution in [0.15, 0.2) is 48.5 Å². The van der Waals surface area contributed by atoms with E-state index in [4.69, 9.17) is 24.3 Å². The largest absolute Gasteiger partial charge is 0.457 e. The first-order chi connectivity index (χ1) is 9.66. The van der Waals surface area contributed by atoms with Gasteiger partial charge in [-0.25, -0.2) is 0 Å². The van der Waals surface area contributed by atoms with Crippen LogP contribution in [0.25, 0.3) is 0 Å². The third kappa shape index (κ3) is 4.25. The maximum Gasteiger partial charge on any atom is 0.356 e. The highest BCUT2D eigenvalue weighted by Gasteiger charge is 2.17. The summed E-state index contributed by atoms with van der Waals surface area (Å²) in [6, 6.07) is 10.6. The van der Waals surface area contributed by atoms with Crippen molar-refractivity contribution in [2.45, 2.75) is 0 Å². The molecule has 21 heavy (non-hydrogen) atoms. The number of hydrogen-bond donors (Lipinski definition) is 4. The Labute approximate surface area is 120 Å². The Morgan fingerprint density at radius 2 is 0.905 bits per heavy atom. The third-order valence-corrected chi connectivity index (χ3v) is 4.52. The number of rotatable bonds is 4. The van der Waals surface area contributed by atoms with E-state index in [2.05, 4.69) is 0 Å². The summed E-state index contributed by atoms with van der Waals surface area (Å²) >= 11 is 0. The number of benzene rings is 2. The SMILES string of the molecule is O=P(O)(O)c1ccc(Oc2ccc(P(=O)(O)O)cc2)cc1. The Bertz CT molecular complexity index is 649. The van der Waals surface area contributed by atoms with Gasteiger partial charge in [0.15, 0.2) is 0 Å². The van der Waals surface area contributed by atoms with E-state index >= 15 is 0 Å². The standard InChI is InChI=1S/C12H12O7P2/c13-20(14,15)11-5-1-9(2-6-11)19-10-3-7-12(8-4-10)21(16,17)18/h1-8H,(H2,13,14,15)(H2,16,17,18). The summed E-state index contributed by atoms with van der Waals surface area (Å²) in [7, 11) is -8.58. The molecule has 0 aliphatic heterocycles. The van der Waals surface area contributed by atoms with Gasteiger partial charge in [-0.1, -0.05) is 0 Å². The van der Waals surface area contributed by atoms with E-state index < -0.39 is 15.2 Å². The molecule has 2 aromatic carbocycles. The summed E-state index contributed by atoms with van der Waals surface area (Å²) < 4.78 is 27.4. The van der Waals surface area contributed by atoms with E-state index in [1.165, 1.54) is 48.5 Å². The number of ether oxygens (including phenoxy) is 1. The van der Waals surface area contributed by atoms with Gasteiger partial charge in [0.05, 0.1) is 10.6 Å². The van der Waals surface area contributed by atoms with E-state index in [0.29, 0.717) is 11.5 Å². The van der Waals surface area contributed by atoms with Crippen molar-refractivity contribution in [2.24, 2.45) is 0 Å². The molecular weight excluding hydrogens is 318 g/mol. The van der Waals surface area contributed by atoms with Crippen LogP contribution in [0.1, 0.15) is 0 Å². The van der Waals surface area contributed by atoms with Gasteiger partial charge in [0.1, 0.15) is 11.5 Å². The molecule has 0 aliphatic carbocycles. The van der Waals surface area contributed by atoms with Crippen LogP contribution in [0, 0.1) is 0 Å². The zero-order valence-electron chi connectivity index (χ0n) is 10.5. The Morgan fingerprint density at radius 3 is 1.14 bits per heavy atom. The summed E-state index contributed by atoms with van der Waals surface area (Å²) in [5.41, 5.74) is 0. The van der Waals surface area contributed by atoms with Crippen molar-refractivity contribution < 1.29 is 33.4 Å². The van der Waals surface area contributed by atoms with Gasteiger partial charge in [0.2, 0.25) is 0 Å². The minimum Gasteiger partial charge on any atom is -0.457 e. The average Bonchev–Trinajstić information content (AvgIpc) is 2.38. The van der Waals surface area contributed by atoms with E-state index in [9.17, 15) is 9.13 Å². The second kappa shape index (κ2) is 5.73. The van der Waals surface area contributed by atoms with E-state index in [-0.39, 0.29) is 10.6 Å². The molecule has 0 saturated carbocycles. The van der Waals surface area contributed by atoms with Gasteiger partial charge in [0, 0.05) is 0 Å². The molecule has 9 heteroatoms. The summed E-state index contributed by atoms with van der Waals surface area (Å²) in [6.07, 6.45) is 0. The van der Waals surface area contributed by atoms with Gasteiger partial charge in [0.25, 0.3) is 0 Å². The Morgan fingerprint density at radius 1 is 0.619 bits per heavy atom. The Hall–Kier alpha value is -1.46. The summed E-state index contributed by atoms with van der Waals surface area (Å²) in [4.78, 5) is 35.9. The van der Waals surface area contributed by atoms with Crippen molar-refractivity contribution in [1.82, 2.24) is 0 Å². The van der Waals surface area contributed by atoms with Gasteiger partial charge in [-0.3, -0.25) is 9.13 Å². The molecule has 0 radical (unpaired) electrons. The van der Waals surface area contributed by atoms with Crippen LogP contribution < -0.4 is 15.3 Å². The van der Waals surface area contributed by atoms with Crippen LogP contribution in [0.2, 0.25) is 0 Å². The molecule has 0 fully saturated rings. The molecule has 7 nitrogen and oxygen atoms in total. The first-order valence-corrected chi connectivity index (χ1v) is 8.89. The second-order valence-corrected chi connectivity index (χ2v) is 7.39. The molecule has 112 valence electrons. The Kier molecular flexibility index (Phi) is 4.35. The molecule has 0 atom stereocenters. The lowest BCUT2D eigenvalue weighted by Crippen LogP contribution is -2.03. The molecule has 0 aromatic heterocycles. The fourth-order valence-corrected chi connectivity index (χ4v) is 2.63. The summed E-state index contributed by atoms with van der Waals surface area (Å²) in [6.45, 7) is 0. The van der Waals surface area contributed by atoms with Crippen LogP contribution in [-0.2, 0) is 9.13 Å². The molecule has 2 aromatic rings.